The van der Waals surface area contributed by atoms with Crippen LogP contribution in [0.4, 0.5) is 0 Å². The number of carbonyl (C=O) groups excluding carboxylic acids is 1. The van der Waals surface area contributed by atoms with Gasteiger partial charge in [0, 0.05) is 35.6 Å². The topological polar surface area (TPSA) is 20.3 Å². The summed E-state index contributed by atoms with van der Waals surface area (Å²) in [4.78, 5) is 14.6. The average Bonchev–Trinajstić information content (AvgIpc) is 2.39. The van der Waals surface area contributed by atoms with Crippen LogP contribution >= 0.6 is 15.9 Å². The summed E-state index contributed by atoms with van der Waals surface area (Å²) in [6.07, 6.45) is 3.19. The van der Waals surface area contributed by atoms with Crippen molar-refractivity contribution in [2.45, 2.75) is 39.2 Å². The van der Waals surface area contributed by atoms with E-state index in [0.717, 1.165) is 29.0 Å². The molecule has 1 aliphatic heterocycles. The Balaban J connectivity index is 1.89. The highest BCUT2D eigenvalue weighted by Gasteiger charge is 2.23. The first kappa shape index (κ1) is 14.7. The zero-order chi connectivity index (χ0) is 13.8. The Morgan fingerprint density at radius 3 is 2.89 bits per heavy atom. The monoisotopic (exact) mass is 323 g/mol. The maximum Gasteiger partial charge on any atom is 0.164 e. The van der Waals surface area contributed by atoms with E-state index in [-0.39, 0.29) is 5.78 Å². The van der Waals surface area contributed by atoms with Gasteiger partial charge in [-0.1, -0.05) is 35.0 Å². The van der Waals surface area contributed by atoms with E-state index in [1.807, 2.05) is 24.3 Å². The van der Waals surface area contributed by atoms with Crippen LogP contribution < -0.4 is 0 Å². The molecule has 3 heteroatoms. The fraction of sp³-hybridized carbons (Fsp3) is 0.562. The molecule has 2 atom stereocenters. The molecular weight excluding hydrogens is 302 g/mol. The van der Waals surface area contributed by atoms with E-state index in [1.165, 1.54) is 12.8 Å². The van der Waals surface area contributed by atoms with Crippen molar-refractivity contribution in [1.82, 2.24) is 4.90 Å². The van der Waals surface area contributed by atoms with Gasteiger partial charge in [0.2, 0.25) is 0 Å². The van der Waals surface area contributed by atoms with Crippen molar-refractivity contribution in [3.63, 3.8) is 0 Å². The lowest BCUT2D eigenvalue weighted by Crippen LogP contribution is -2.42. The maximum absolute atomic E-state index is 12.2. The molecule has 2 nitrogen and oxygen atoms in total. The van der Waals surface area contributed by atoms with Crippen molar-refractivity contribution >= 4 is 21.7 Å². The Morgan fingerprint density at radius 1 is 1.37 bits per heavy atom. The second-order valence-electron chi connectivity index (χ2n) is 5.71. The van der Waals surface area contributed by atoms with Crippen LogP contribution in [0.15, 0.2) is 28.7 Å². The lowest BCUT2D eigenvalue weighted by atomic mass is 9.94. The van der Waals surface area contributed by atoms with Gasteiger partial charge in [-0.15, -0.1) is 0 Å². The molecule has 1 heterocycles. The minimum absolute atomic E-state index is 0.242. The minimum Gasteiger partial charge on any atom is -0.300 e. The van der Waals surface area contributed by atoms with Crippen molar-refractivity contribution in [3.05, 3.63) is 34.3 Å². The van der Waals surface area contributed by atoms with E-state index in [9.17, 15) is 4.79 Å². The Kier molecular flexibility index (Phi) is 5.17. The fourth-order valence-corrected chi connectivity index (χ4v) is 3.14. The molecular formula is C16H22BrNO. The lowest BCUT2D eigenvalue weighted by Gasteiger charge is -2.36. The Labute approximate surface area is 124 Å². The highest BCUT2D eigenvalue weighted by molar-refractivity contribution is 9.10. The number of piperidine rings is 1. The molecule has 0 bridgehead atoms. The number of likely N-dealkylation sites (tertiary alicyclic amines) is 1. The molecule has 0 aliphatic carbocycles. The number of hydrogen-bond acceptors (Lipinski definition) is 2. The minimum atomic E-state index is 0.242. The molecule has 1 aromatic carbocycles. The van der Waals surface area contributed by atoms with E-state index in [1.54, 1.807) is 0 Å². The van der Waals surface area contributed by atoms with Gasteiger partial charge in [-0.25, -0.2) is 0 Å². The summed E-state index contributed by atoms with van der Waals surface area (Å²) in [5.74, 6) is 1.00. The van der Waals surface area contributed by atoms with Crippen molar-refractivity contribution in [2.24, 2.45) is 5.92 Å². The van der Waals surface area contributed by atoms with Gasteiger partial charge in [0.05, 0.1) is 0 Å². The van der Waals surface area contributed by atoms with Crippen molar-refractivity contribution in [1.29, 1.82) is 0 Å². The average molecular weight is 324 g/mol. The zero-order valence-corrected chi connectivity index (χ0v) is 13.3. The number of ketones is 1. The van der Waals surface area contributed by atoms with Gasteiger partial charge in [-0.2, -0.15) is 0 Å². The molecule has 2 unspecified atom stereocenters. The molecule has 0 amide bonds. The summed E-state index contributed by atoms with van der Waals surface area (Å²) in [6, 6.07) is 8.29. The summed E-state index contributed by atoms with van der Waals surface area (Å²) in [5.41, 5.74) is 0.812. The Bertz CT molecular complexity index is 446. The Morgan fingerprint density at radius 2 is 2.16 bits per heavy atom. The van der Waals surface area contributed by atoms with Gasteiger partial charge in [-0.05, 0) is 37.8 Å². The molecule has 0 N–H and O–H groups in total. The number of hydrogen-bond donors (Lipinski definition) is 0. The maximum atomic E-state index is 12.2. The van der Waals surface area contributed by atoms with E-state index in [0.29, 0.717) is 12.5 Å². The number of carbonyl (C=O) groups is 1. The number of Topliss-reactive ketones (excluding diaryl/α,β-unsaturated/α-hetero) is 1. The second-order valence-corrected chi connectivity index (χ2v) is 6.63. The largest absolute Gasteiger partial charge is 0.300 e. The molecule has 1 aliphatic rings. The van der Waals surface area contributed by atoms with Crippen molar-refractivity contribution in [2.75, 3.05) is 13.1 Å². The first-order valence-electron chi connectivity index (χ1n) is 7.09. The van der Waals surface area contributed by atoms with Crippen LogP contribution in [0.3, 0.4) is 0 Å². The highest BCUT2D eigenvalue weighted by atomic mass is 79.9. The van der Waals surface area contributed by atoms with Gasteiger partial charge >= 0.3 is 0 Å². The molecule has 19 heavy (non-hydrogen) atoms. The van der Waals surface area contributed by atoms with Crippen molar-refractivity contribution < 1.29 is 4.79 Å². The molecule has 1 saturated heterocycles. The zero-order valence-electron chi connectivity index (χ0n) is 11.7. The van der Waals surface area contributed by atoms with Crippen LogP contribution in [0.5, 0.6) is 0 Å². The van der Waals surface area contributed by atoms with Gasteiger partial charge in [-0.3, -0.25) is 9.69 Å². The van der Waals surface area contributed by atoms with Gasteiger partial charge in [0.15, 0.2) is 5.78 Å². The molecule has 0 saturated carbocycles. The van der Waals surface area contributed by atoms with E-state index >= 15 is 0 Å². The molecule has 0 spiro atoms. The van der Waals surface area contributed by atoms with E-state index < -0.39 is 0 Å². The van der Waals surface area contributed by atoms with Crippen LogP contribution in [0.2, 0.25) is 0 Å². The normalized spacial score (nSPS) is 24.4. The second kappa shape index (κ2) is 6.67. The standard InChI is InChI=1S/C16H22BrNO/c1-12-6-7-13(2)18(11-12)9-8-16(19)14-4-3-5-15(17)10-14/h3-5,10,12-13H,6-9,11H2,1-2H3. The summed E-state index contributed by atoms with van der Waals surface area (Å²) >= 11 is 3.41. The number of benzene rings is 1. The number of rotatable bonds is 4. The molecule has 0 aromatic heterocycles. The van der Waals surface area contributed by atoms with Gasteiger partial charge in [0.25, 0.3) is 0 Å². The summed E-state index contributed by atoms with van der Waals surface area (Å²) in [7, 11) is 0. The van der Waals surface area contributed by atoms with E-state index in [4.69, 9.17) is 0 Å². The first-order valence-corrected chi connectivity index (χ1v) is 7.88. The number of halogens is 1. The van der Waals surface area contributed by atoms with Gasteiger partial charge < -0.3 is 0 Å². The third-order valence-corrected chi connectivity index (χ3v) is 4.51. The smallest absolute Gasteiger partial charge is 0.164 e. The van der Waals surface area contributed by atoms with Crippen molar-refractivity contribution in [3.8, 4) is 0 Å². The number of nitrogens with zero attached hydrogens (tertiary/aromatic N) is 1. The summed E-state index contributed by atoms with van der Waals surface area (Å²) in [5, 5.41) is 0. The third kappa shape index (κ3) is 4.15. The van der Waals surface area contributed by atoms with Crippen LogP contribution in [0.1, 0.15) is 43.5 Å². The summed E-state index contributed by atoms with van der Waals surface area (Å²) in [6.45, 7) is 6.59. The SMILES string of the molecule is CC1CCC(C)N(CCC(=O)c2cccc(Br)c2)C1. The van der Waals surface area contributed by atoms with Crippen LogP contribution in [0.25, 0.3) is 0 Å². The molecule has 1 aromatic rings. The van der Waals surface area contributed by atoms with Gasteiger partial charge in [0.1, 0.15) is 0 Å². The predicted molar refractivity (Wildman–Crippen MR) is 82.5 cm³/mol. The quantitative estimate of drug-likeness (QED) is 0.776. The fourth-order valence-electron chi connectivity index (χ4n) is 2.74. The first-order chi connectivity index (χ1) is 9.06. The predicted octanol–water partition coefficient (Wildman–Crippen LogP) is 4.14. The molecule has 1 fully saturated rings. The third-order valence-electron chi connectivity index (χ3n) is 4.02. The summed E-state index contributed by atoms with van der Waals surface area (Å²) < 4.78 is 0.971. The highest BCUT2D eigenvalue weighted by Crippen LogP contribution is 2.22. The van der Waals surface area contributed by atoms with Crippen LogP contribution in [-0.4, -0.2) is 29.8 Å². The molecule has 0 radical (unpaired) electrons. The molecule has 2 rings (SSSR count). The Hall–Kier alpha value is -0.670. The van der Waals surface area contributed by atoms with Crippen LogP contribution in [-0.2, 0) is 0 Å². The van der Waals surface area contributed by atoms with E-state index in [2.05, 4.69) is 34.7 Å². The lowest BCUT2D eigenvalue weighted by molar-refractivity contribution is 0.0900. The van der Waals surface area contributed by atoms with Crippen LogP contribution in [0, 0.1) is 5.92 Å². The molecule has 104 valence electrons.